The molecule has 0 saturated carbocycles. The van der Waals surface area contributed by atoms with Gasteiger partial charge < -0.3 is 10.4 Å². The van der Waals surface area contributed by atoms with Crippen molar-refractivity contribution in [2.75, 3.05) is 5.32 Å². The monoisotopic (exact) mass is 304 g/mol. The van der Waals surface area contributed by atoms with Crippen LogP contribution in [0.25, 0.3) is 6.08 Å². The van der Waals surface area contributed by atoms with Gasteiger partial charge in [0.25, 0.3) is 5.91 Å². The number of anilines is 1. The van der Waals surface area contributed by atoms with E-state index in [4.69, 9.17) is 22.0 Å². The van der Waals surface area contributed by atoms with E-state index in [2.05, 4.69) is 5.32 Å². The van der Waals surface area contributed by atoms with Crippen molar-refractivity contribution in [2.24, 2.45) is 0 Å². The lowest BCUT2D eigenvalue weighted by molar-refractivity contribution is -0.112. The summed E-state index contributed by atoms with van der Waals surface area (Å²) < 4.78 is 0.590. The number of benzene rings is 1. The van der Waals surface area contributed by atoms with E-state index in [1.54, 1.807) is 24.3 Å². The van der Waals surface area contributed by atoms with Gasteiger partial charge >= 0.3 is 0 Å². The summed E-state index contributed by atoms with van der Waals surface area (Å²) in [6.45, 7) is 0. The first-order valence-electron chi connectivity index (χ1n) is 5.56. The van der Waals surface area contributed by atoms with Gasteiger partial charge in [-0.2, -0.15) is 5.26 Å². The van der Waals surface area contributed by atoms with Crippen LogP contribution < -0.4 is 5.32 Å². The molecule has 0 atom stereocenters. The van der Waals surface area contributed by atoms with Gasteiger partial charge in [-0.25, -0.2) is 0 Å². The maximum absolute atomic E-state index is 11.9. The largest absolute Gasteiger partial charge is 0.508 e. The van der Waals surface area contributed by atoms with Gasteiger partial charge in [-0.3, -0.25) is 4.79 Å². The van der Waals surface area contributed by atoms with Crippen molar-refractivity contribution >= 4 is 40.6 Å². The number of nitrogens with one attached hydrogen (secondary N) is 1. The Morgan fingerprint density at radius 2 is 2.00 bits per heavy atom. The quantitative estimate of drug-likeness (QED) is 0.516. The number of nitriles is 1. The van der Waals surface area contributed by atoms with Gasteiger partial charge in [-0.1, -0.05) is 11.6 Å². The van der Waals surface area contributed by atoms with Crippen LogP contribution in [0.15, 0.2) is 42.0 Å². The van der Waals surface area contributed by atoms with Crippen molar-refractivity contribution in [3.05, 3.63) is 51.2 Å². The van der Waals surface area contributed by atoms with Crippen LogP contribution in [0, 0.1) is 11.3 Å². The van der Waals surface area contributed by atoms with Crippen LogP contribution >= 0.6 is 22.9 Å². The van der Waals surface area contributed by atoms with Crippen molar-refractivity contribution in [3.63, 3.8) is 0 Å². The van der Waals surface area contributed by atoms with Crippen molar-refractivity contribution in [1.29, 1.82) is 5.26 Å². The fourth-order valence-corrected chi connectivity index (χ4v) is 2.44. The number of amides is 1. The van der Waals surface area contributed by atoms with E-state index in [-0.39, 0.29) is 11.3 Å². The minimum absolute atomic E-state index is 0.0170. The van der Waals surface area contributed by atoms with Crippen LogP contribution in [0.4, 0.5) is 5.69 Å². The second kappa shape index (κ2) is 6.24. The normalized spacial score (nSPS) is 10.9. The molecule has 6 heteroatoms. The Labute approximate surface area is 124 Å². The first-order valence-corrected chi connectivity index (χ1v) is 6.75. The van der Waals surface area contributed by atoms with E-state index in [0.717, 1.165) is 4.88 Å². The molecule has 0 saturated heterocycles. The molecule has 1 amide bonds. The smallest absolute Gasteiger partial charge is 0.266 e. The first-order chi connectivity index (χ1) is 9.58. The number of aromatic hydroxyl groups is 1. The maximum Gasteiger partial charge on any atom is 0.266 e. The number of hydrogen-bond acceptors (Lipinski definition) is 4. The van der Waals surface area contributed by atoms with Crippen molar-refractivity contribution < 1.29 is 9.90 Å². The third kappa shape index (κ3) is 3.60. The molecule has 2 aromatic rings. The molecule has 1 heterocycles. The van der Waals surface area contributed by atoms with Gasteiger partial charge in [0, 0.05) is 10.6 Å². The summed E-state index contributed by atoms with van der Waals surface area (Å²) in [7, 11) is 0. The number of phenolic OH excluding ortho intramolecular Hbond substituents is 1. The van der Waals surface area contributed by atoms with Crippen LogP contribution in [0.5, 0.6) is 5.75 Å². The fraction of sp³-hybridized carbons (Fsp3) is 0. The van der Waals surface area contributed by atoms with Crippen LogP contribution in [0.2, 0.25) is 4.34 Å². The van der Waals surface area contributed by atoms with Gasteiger partial charge in [0.15, 0.2) is 0 Å². The van der Waals surface area contributed by atoms with Gasteiger partial charge in [-0.15, -0.1) is 11.3 Å². The summed E-state index contributed by atoms with van der Waals surface area (Å²) in [6, 6.07) is 11.3. The lowest BCUT2D eigenvalue weighted by Gasteiger charge is -2.03. The number of carbonyl (C=O) groups is 1. The van der Waals surface area contributed by atoms with Crippen molar-refractivity contribution in [3.8, 4) is 11.8 Å². The molecule has 4 nitrogen and oxygen atoms in total. The standard InChI is InChI=1S/C14H9ClN2O2S/c15-13-6-5-12(20-13)7-9(8-16)14(19)17-10-1-3-11(18)4-2-10/h1-7,18H,(H,17,19)/b9-7-. The molecule has 0 unspecified atom stereocenters. The molecule has 0 aliphatic heterocycles. The number of phenols is 1. The number of thiophene rings is 1. The maximum atomic E-state index is 11.9. The van der Waals surface area contributed by atoms with Crippen LogP contribution in [0.3, 0.4) is 0 Å². The first kappa shape index (κ1) is 14.1. The summed E-state index contributed by atoms with van der Waals surface area (Å²) in [5.74, 6) is -0.407. The summed E-state index contributed by atoms with van der Waals surface area (Å²) in [5, 5.41) is 20.8. The van der Waals surface area contributed by atoms with Crippen LogP contribution in [-0.4, -0.2) is 11.0 Å². The highest BCUT2D eigenvalue weighted by Gasteiger charge is 2.10. The third-order valence-corrected chi connectivity index (χ3v) is 3.55. The average molecular weight is 305 g/mol. The molecule has 0 aliphatic carbocycles. The molecule has 2 rings (SSSR count). The number of nitrogens with zero attached hydrogens (tertiary/aromatic N) is 1. The summed E-state index contributed by atoms with van der Waals surface area (Å²) in [4.78, 5) is 12.7. The molecule has 2 N–H and O–H groups in total. The predicted octanol–water partition coefficient (Wildman–Crippen LogP) is 3.65. The molecule has 100 valence electrons. The fourth-order valence-electron chi connectivity index (χ4n) is 1.44. The lowest BCUT2D eigenvalue weighted by atomic mass is 10.2. The highest BCUT2D eigenvalue weighted by atomic mass is 35.5. The molecular weight excluding hydrogens is 296 g/mol. The van der Waals surface area contributed by atoms with Gasteiger partial charge in [-0.05, 0) is 42.5 Å². The molecule has 1 aromatic heterocycles. The van der Waals surface area contributed by atoms with Crippen molar-refractivity contribution in [2.45, 2.75) is 0 Å². The predicted molar refractivity (Wildman–Crippen MR) is 79.7 cm³/mol. The highest BCUT2D eigenvalue weighted by Crippen LogP contribution is 2.24. The number of rotatable bonds is 3. The number of carbonyl (C=O) groups excluding carboxylic acids is 1. The van der Waals surface area contributed by atoms with Crippen LogP contribution in [0.1, 0.15) is 4.88 Å². The topological polar surface area (TPSA) is 73.1 Å². The second-order valence-corrected chi connectivity index (χ2v) is 5.56. The zero-order chi connectivity index (χ0) is 14.5. The minimum Gasteiger partial charge on any atom is -0.508 e. The van der Waals surface area contributed by atoms with E-state index < -0.39 is 5.91 Å². The summed E-state index contributed by atoms with van der Waals surface area (Å²) in [5.41, 5.74) is 0.481. The minimum atomic E-state index is -0.511. The van der Waals surface area contributed by atoms with Gasteiger partial charge in [0.2, 0.25) is 0 Å². The molecular formula is C14H9ClN2O2S. The summed E-state index contributed by atoms with van der Waals surface area (Å²) >= 11 is 7.08. The second-order valence-electron chi connectivity index (χ2n) is 3.81. The molecule has 0 fully saturated rings. The average Bonchev–Trinajstić information content (AvgIpc) is 2.84. The van der Waals surface area contributed by atoms with E-state index in [0.29, 0.717) is 10.0 Å². The van der Waals surface area contributed by atoms with E-state index in [1.165, 1.54) is 29.5 Å². The number of halogens is 1. The third-order valence-electron chi connectivity index (χ3n) is 2.37. The number of hydrogen-bond donors (Lipinski definition) is 2. The molecule has 1 aromatic carbocycles. The SMILES string of the molecule is N#C/C(=C/c1ccc(Cl)s1)C(=O)Nc1ccc(O)cc1. The lowest BCUT2D eigenvalue weighted by Crippen LogP contribution is -2.13. The van der Waals surface area contributed by atoms with E-state index in [1.807, 2.05) is 6.07 Å². The summed E-state index contributed by atoms with van der Waals surface area (Å²) in [6.07, 6.45) is 1.48. The van der Waals surface area contributed by atoms with Gasteiger partial charge in [0.05, 0.1) is 4.34 Å². The Hall–Kier alpha value is -2.29. The molecule has 0 radical (unpaired) electrons. The molecule has 0 bridgehead atoms. The van der Waals surface area contributed by atoms with Crippen molar-refractivity contribution in [1.82, 2.24) is 0 Å². The molecule has 20 heavy (non-hydrogen) atoms. The Bertz CT molecular complexity index is 699. The molecule has 0 aliphatic rings. The Kier molecular flexibility index (Phi) is 4.41. The van der Waals surface area contributed by atoms with E-state index in [9.17, 15) is 4.79 Å². The van der Waals surface area contributed by atoms with Gasteiger partial charge in [0.1, 0.15) is 17.4 Å². The van der Waals surface area contributed by atoms with E-state index >= 15 is 0 Å². The zero-order valence-electron chi connectivity index (χ0n) is 10.1. The van der Waals surface area contributed by atoms with Crippen LogP contribution in [-0.2, 0) is 4.79 Å². The molecule has 0 spiro atoms. The Morgan fingerprint density at radius 3 is 2.55 bits per heavy atom. The Balaban J connectivity index is 2.16. The highest BCUT2D eigenvalue weighted by molar-refractivity contribution is 7.17. The zero-order valence-corrected chi connectivity index (χ0v) is 11.7. The Morgan fingerprint density at radius 1 is 1.30 bits per heavy atom.